The highest BCUT2D eigenvalue weighted by Crippen LogP contribution is 2.29. The molecule has 0 radical (unpaired) electrons. The van der Waals surface area contributed by atoms with E-state index in [1.165, 1.54) is 0 Å². The van der Waals surface area contributed by atoms with Crippen LogP contribution >= 0.6 is 0 Å². The van der Waals surface area contributed by atoms with Gasteiger partial charge in [0.05, 0.1) is 12.5 Å². The van der Waals surface area contributed by atoms with Gasteiger partial charge in [0.15, 0.2) is 0 Å². The van der Waals surface area contributed by atoms with E-state index in [0.29, 0.717) is 6.42 Å². The van der Waals surface area contributed by atoms with Crippen LogP contribution in [-0.4, -0.2) is 23.2 Å². The number of H-pyrrole nitrogens is 1. The van der Waals surface area contributed by atoms with Crippen molar-refractivity contribution in [3.63, 3.8) is 0 Å². The number of hydrogen-bond acceptors (Lipinski definition) is 2. The Labute approximate surface area is 106 Å². The Balaban J connectivity index is 2.42. The molecule has 0 atom stereocenters. The molecule has 2 rings (SSSR count). The highest BCUT2D eigenvalue weighted by atomic mass is 16.5. The summed E-state index contributed by atoms with van der Waals surface area (Å²) in [4.78, 5) is 14.3. The molecule has 0 unspecified atom stereocenters. The second-order valence-electron chi connectivity index (χ2n) is 5.09. The van der Waals surface area contributed by atoms with Gasteiger partial charge in [-0.3, -0.25) is 4.79 Å². The first-order valence-electron chi connectivity index (χ1n) is 5.81. The number of carboxylic acid groups (broad SMARTS) is 1. The number of methoxy groups -OCH3 is 1. The molecule has 1 heterocycles. The van der Waals surface area contributed by atoms with E-state index >= 15 is 0 Å². The van der Waals surface area contributed by atoms with Crippen molar-refractivity contribution in [1.82, 2.24) is 4.98 Å². The lowest BCUT2D eigenvalue weighted by molar-refractivity contribution is -0.146. The number of aromatic nitrogens is 1. The molecule has 0 aliphatic carbocycles. The van der Waals surface area contributed by atoms with Crippen molar-refractivity contribution in [2.75, 3.05) is 7.11 Å². The first-order chi connectivity index (χ1) is 8.44. The number of rotatable bonds is 4. The summed E-state index contributed by atoms with van der Waals surface area (Å²) in [6.07, 6.45) is 2.35. The molecule has 0 saturated carbocycles. The quantitative estimate of drug-likeness (QED) is 0.873. The summed E-state index contributed by atoms with van der Waals surface area (Å²) in [5.74, 6) is -0.0174. The summed E-state index contributed by atoms with van der Waals surface area (Å²) in [6, 6.07) is 5.75. The third kappa shape index (κ3) is 2.18. The highest BCUT2D eigenvalue weighted by molar-refractivity contribution is 5.85. The predicted octanol–water partition coefficient (Wildman–Crippen LogP) is 2.83. The number of aromatic amines is 1. The van der Waals surface area contributed by atoms with Crippen LogP contribution in [0.5, 0.6) is 5.75 Å². The number of nitrogens with one attached hydrogen (secondary N) is 1. The van der Waals surface area contributed by atoms with Crippen molar-refractivity contribution >= 4 is 16.9 Å². The average molecular weight is 247 g/mol. The van der Waals surface area contributed by atoms with Crippen LogP contribution in [0, 0.1) is 5.41 Å². The molecule has 0 aliphatic heterocycles. The van der Waals surface area contributed by atoms with Gasteiger partial charge >= 0.3 is 5.97 Å². The Morgan fingerprint density at radius 3 is 2.78 bits per heavy atom. The Bertz CT molecular complexity index is 584. The lowest BCUT2D eigenvalue weighted by Gasteiger charge is -2.18. The molecule has 0 amide bonds. The summed E-state index contributed by atoms with van der Waals surface area (Å²) in [5, 5.41) is 10.2. The fraction of sp³-hybridized carbons (Fsp3) is 0.357. The maximum atomic E-state index is 11.2. The number of fused-ring (bicyclic) bond motifs is 1. The molecule has 96 valence electrons. The zero-order valence-electron chi connectivity index (χ0n) is 10.8. The van der Waals surface area contributed by atoms with Gasteiger partial charge in [-0.1, -0.05) is 0 Å². The van der Waals surface area contributed by atoms with Crippen LogP contribution in [0.3, 0.4) is 0 Å². The van der Waals surface area contributed by atoms with Crippen molar-refractivity contribution in [1.29, 1.82) is 0 Å². The van der Waals surface area contributed by atoms with E-state index in [1.54, 1.807) is 21.0 Å². The summed E-state index contributed by atoms with van der Waals surface area (Å²) in [6.45, 7) is 3.46. The molecule has 0 spiro atoms. The molecule has 0 aliphatic rings. The van der Waals surface area contributed by atoms with Crippen LogP contribution in [0.4, 0.5) is 0 Å². The average Bonchev–Trinajstić information content (AvgIpc) is 2.71. The second kappa shape index (κ2) is 4.37. The lowest BCUT2D eigenvalue weighted by Crippen LogP contribution is -2.26. The standard InChI is InChI=1S/C14H17NO3/c1-14(2,13(16)17)7-9-8-15-12-5-4-10(18-3)6-11(9)12/h4-6,8,15H,7H2,1-3H3,(H,16,17). The largest absolute Gasteiger partial charge is 0.497 e. The molecule has 1 aromatic heterocycles. The van der Waals surface area contributed by atoms with Gasteiger partial charge in [-0.15, -0.1) is 0 Å². The molecule has 2 aromatic rings. The fourth-order valence-electron chi connectivity index (χ4n) is 1.98. The predicted molar refractivity (Wildman–Crippen MR) is 70.0 cm³/mol. The Morgan fingerprint density at radius 2 is 2.17 bits per heavy atom. The smallest absolute Gasteiger partial charge is 0.309 e. The minimum absolute atomic E-state index is 0.482. The zero-order valence-corrected chi connectivity index (χ0v) is 10.8. The molecule has 2 N–H and O–H groups in total. The van der Waals surface area contributed by atoms with Crippen molar-refractivity contribution < 1.29 is 14.6 Å². The topological polar surface area (TPSA) is 62.3 Å². The van der Waals surface area contributed by atoms with Gasteiger partial charge in [0.1, 0.15) is 5.75 Å². The van der Waals surface area contributed by atoms with Gasteiger partial charge in [0, 0.05) is 17.1 Å². The minimum atomic E-state index is -0.792. The maximum Gasteiger partial charge on any atom is 0.309 e. The van der Waals surface area contributed by atoms with Crippen LogP contribution < -0.4 is 4.74 Å². The molecular formula is C14H17NO3. The third-order valence-corrected chi connectivity index (χ3v) is 3.19. The van der Waals surface area contributed by atoms with Crippen LogP contribution in [-0.2, 0) is 11.2 Å². The highest BCUT2D eigenvalue weighted by Gasteiger charge is 2.28. The van der Waals surface area contributed by atoms with E-state index in [2.05, 4.69) is 4.98 Å². The first kappa shape index (κ1) is 12.5. The van der Waals surface area contributed by atoms with Gasteiger partial charge in [0.25, 0.3) is 0 Å². The van der Waals surface area contributed by atoms with Crippen molar-refractivity contribution in [3.8, 4) is 5.75 Å². The van der Waals surface area contributed by atoms with E-state index in [4.69, 9.17) is 4.74 Å². The van der Waals surface area contributed by atoms with E-state index in [9.17, 15) is 9.90 Å². The van der Waals surface area contributed by atoms with Gasteiger partial charge < -0.3 is 14.8 Å². The summed E-state index contributed by atoms with van der Waals surface area (Å²) in [7, 11) is 1.62. The SMILES string of the molecule is COc1ccc2[nH]cc(CC(C)(C)C(=O)O)c2c1. The number of ether oxygens (including phenoxy) is 1. The third-order valence-electron chi connectivity index (χ3n) is 3.19. The zero-order chi connectivity index (χ0) is 13.3. The van der Waals surface area contributed by atoms with Crippen LogP contribution in [0.15, 0.2) is 24.4 Å². The monoisotopic (exact) mass is 247 g/mol. The van der Waals surface area contributed by atoms with Gasteiger partial charge in [-0.25, -0.2) is 0 Å². The number of hydrogen-bond donors (Lipinski definition) is 2. The Morgan fingerprint density at radius 1 is 1.44 bits per heavy atom. The molecule has 4 heteroatoms. The summed E-state index contributed by atoms with van der Waals surface area (Å²) >= 11 is 0. The molecule has 4 nitrogen and oxygen atoms in total. The van der Waals surface area contributed by atoms with Crippen LogP contribution in [0.2, 0.25) is 0 Å². The van der Waals surface area contributed by atoms with E-state index in [0.717, 1.165) is 22.2 Å². The van der Waals surface area contributed by atoms with Gasteiger partial charge in [0.2, 0.25) is 0 Å². The molecule has 0 bridgehead atoms. The Kier molecular flexibility index (Phi) is 3.03. The van der Waals surface area contributed by atoms with E-state index in [-0.39, 0.29) is 0 Å². The Hall–Kier alpha value is -1.97. The lowest BCUT2D eigenvalue weighted by atomic mass is 9.86. The second-order valence-corrected chi connectivity index (χ2v) is 5.09. The normalized spacial score (nSPS) is 11.7. The first-order valence-corrected chi connectivity index (χ1v) is 5.81. The van der Waals surface area contributed by atoms with Crippen molar-refractivity contribution in [3.05, 3.63) is 30.0 Å². The van der Waals surface area contributed by atoms with Crippen LogP contribution in [0.1, 0.15) is 19.4 Å². The number of aliphatic carboxylic acids is 1. The molecule has 1 aromatic carbocycles. The minimum Gasteiger partial charge on any atom is -0.497 e. The molecular weight excluding hydrogens is 230 g/mol. The van der Waals surface area contributed by atoms with E-state index < -0.39 is 11.4 Å². The fourth-order valence-corrected chi connectivity index (χ4v) is 1.98. The molecule has 18 heavy (non-hydrogen) atoms. The van der Waals surface area contributed by atoms with Crippen molar-refractivity contribution in [2.45, 2.75) is 20.3 Å². The van der Waals surface area contributed by atoms with Crippen LogP contribution in [0.25, 0.3) is 10.9 Å². The molecule has 0 fully saturated rings. The summed E-state index contributed by atoms with van der Waals surface area (Å²) in [5.41, 5.74) is 1.21. The maximum absolute atomic E-state index is 11.2. The van der Waals surface area contributed by atoms with Gasteiger partial charge in [-0.05, 0) is 44.0 Å². The number of benzene rings is 1. The van der Waals surface area contributed by atoms with Gasteiger partial charge in [-0.2, -0.15) is 0 Å². The number of carbonyl (C=O) groups is 1. The molecule has 0 saturated heterocycles. The number of carboxylic acids is 1. The van der Waals surface area contributed by atoms with Crippen molar-refractivity contribution in [2.24, 2.45) is 5.41 Å². The van der Waals surface area contributed by atoms with E-state index in [1.807, 2.05) is 24.4 Å². The summed E-state index contributed by atoms with van der Waals surface area (Å²) < 4.78 is 5.19.